The maximum Gasteiger partial charge on any atom is 0.339 e. The number of para-hydroxylation sites is 1. The first-order chi connectivity index (χ1) is 8.72. The molecule has 1 aliphatic heterocycles. The number of anilines is 1. The van der Waals surface area contributed by atoms with Crippen LogP contribution in [0.1, 0.15) is 16.8 Å². The summed E-state index contributed by atoms with van der Waals surface area (Å²) in [5.74, 6) is -0.729. The molecule has 1 aromatic carbocycles. The van der Waals surface area contributed by atoms with Crippen molar-refractivity contribution in [3.63, 3.8) is 0 Å². The molecule has 1 atom stereocenters. The number of hydrogen-bond donors (Lipinski definition) is 1. The van der Waals surface area contributed by atoms with Crippen LogP contribution in [0, 0.1) is 5.92 Å². The standard InChI is InChI=1S/C13H15NO4/c1-17-13(16)10-4-2-3-5-11(10)14-12(15)9-6-7-18-8-9/h2-5,9H,6-8H2,1H3,(H,14,15). The molecule has 0 aromatic heterocycles. The molecule has 18 heavy (non-hydrogen) atoms. The number of hydrogen-bond acceptors (Lipinski definition) is 4. The lowest BCUT2D eigenvalue weighted by atomic mass is 10.1. The van der Waals surface area contributed by atoms with Crippen LogP contribution in [0.2, 0.25) is 0 Å². The molecule has 1 saturated heterocycles. The molecule has 0 aliphatic carbocycles. The van der Waals surface area contributed by atoms with Crippen LogP contribution in [0.15, 0.2) is 24.3 Å². The zero-order valence-electron chi connectivity index (χ0n) is 10.1. The van der Waals surface area contributed by atoms with Gasteiger partial charge in [0, 0.05) is 6.61 Å². The van der Waals surface area contributed by atoms with Gasteiger partial charge in [0.15, 0.2) is 0 Å². The van der Waals surface area contributed by atoms with Gasteiger partial charge in [0.1, 0.15) is 0 Å². The highest BCUT2D eigenvalue weighted by Gasteiger charge is 2.24. The summed E-state index contributed by atoms with van der Waals surface area (Å²) in [6, 6.07) is 6.78. The van der Waals surface area contributed by atoms with Crippen LogP contribution in [0.4, 0.5) is 5.69 Å². The Morgan fingerprint density at radius 1 is 1.39 bits per heavy atom. The third-order valence-electron chi connectivity index (χ3n) is 2.89. The topological polar surface area (TPSA) is 64.6 Å². The molecular weight excluding hydrogens is 234 g/mol. The molecule has 1 unspecified atom stereocenters. The van der Waals surface area contributed by atoms with Gasteiger partial charge in [-0.1, -0.05) is 12.1 Å². The van der Waals surface area contributed by atoms with Gasteiger partial charge < -0.3 is 14.8 Å². The summed E-state index contributed by atoms with van der Waals surface area (Å²) in [7, 11) is 1.31. The number of esters is 1. The van der Waals surface area contributed by atoms with E-state index in [4.69, 9.17) is 4.74 Å². The van der Waals surface area contributed by atoms with Gasteiger partial charge in [-0.25, -0.2) is 4.79 Å². The number of methoxy groups -OCH3 is 1. The van der Waals surface area contributed by atoms with E-state index in [-0.39, 0.29) is 11.8 Å². The molecule has 1 amide bonds. The number of ether oxygens (including phenoxy) is 2. The van der Waals surface area contributed by atoms with Crippen molar-refractivity contribution in [3.05, 3.63) is 29.8 Å². The maximum absolute atomic E-state index is 11.9. The summed E-state index contributed by atoms with van der Waals surface area (Å²) in [5.41, 5.74) is 0.827. The lowest BCUT2D eigenvalue weighted by Crippen LogP contribution is -2.24. The monoisotopic (exact) mass is 249 g/mol. The van der Waals surface area contributed by atoms with Crippen LogP contribution in [0.3, 0.4) is 0 Å². The molecule has 2 rings (SSSR count). The second-order valence-electron chi connectivity index (χ2n) is 4.09. The van der Waals surface area contributed by atoms with Crippen molar-refractivity contribution in [1.29, 1.82) is 0 Å². The first kappa shape index (κ1) is 12.6. The van der Waals surface area contributed by atoms with E-state index < -0.39 is 5.97 Å². The Morgan fingerprint density at radius 3 is 2.83 bits per heavy atom. The zero-order chi connectivity index (χ0) is 13.0. The number of benzene rings is 1. The first-order valence-corrected chi connectivity index (χ1v) is 5.78. The van der Waals surface area contributed by atoms with Gasteiger partial charge in [0.05, 0.1) is 30.9 Å². The molecule has 1 aromatic rings. The second kappa shape index (κ2) is 5.64. The minimum Gasteiger partial charge on any atom is -0.465 e. The minimum absolute atomic E-state index is 0.121. The molecule has 5 heteroatoms. The van der Waals surface area contributed by atoms with Crippen molar-refractivity contribution < 1.29 is 19.1 Å². The Hall–Kier alpha value is -1.88. The molecule has 0 bridgehead atoms. The molecule has 96 valence electrons. The number of amides is 1. The fourth-order valence-electron chi connectivity index (χ4n) is 1.86. The number of carbonyl (C=O) groups is 2. The van der Waals surface area contributed by atoms with E-state index in [1.165, 1.54) is 7.11 Å². The van der Waals surface area contributed by atoms with E-state index in [0.29, 0.717) is 30.9 Å². The summed E-state index contributed by atoms with van der Waals surface area (Å²) in [6.45, 7) is 1.04. The van der Waals surface area contributed by atoms with Crippen LogP contribution >= 0.6 is 0 Å². The molecule has 1 N–H and O–H groups in total. The Kier molecular flexibility index (Phi) is 3.94. The van der Waals surface area contributed by atoms with Crippen molar-refractivity contribution in [2.75, 3.05) is 25.6 Å². The van der Waals surface area contributed by atoms with E-state index in [1.807, 2.05) is 0 Å². The normalized spacial score (nSPS) is 18.4. The highest BCUT2D eigenvalue weighted by atomic mass is 16.5. The van der Waals surface area contributed by atoms with E-state index in [1.54, 1.807) is 24.3 Å². The molecule has 1 heterocycles. The largest absolute Gasteiger partial charge is 0.465 e. The van der Waals surface area contributed by atoms with Crippen molar-refractivity contribution in [3.8, 4) is 0 Å². The van der Waals surface area contributed by atoms with E-state index in [9.17, 15) is 9.59 Å². The summed E-state index contributed by atoms with van der Waals surface area (Å²) < 4.78 is 9.83. The fraction of sp³-hybridized carbons (Fsp3) is 0.385. The molecule has 1 fully saturated rings. The highest BCUT2D eigenvalue weighted by Crippen LogP contribution is 2.19. The summed E-state index contributed by atoms with van der Waals surface area (Å²) in [5, 5.41) is 2.75. The maximum atomic E-state index is 11.9. The van der Waals surface area contributed by atoms with Crippen LogP contribution < -0.4 is 5.32 Å². The van der Waals surface area contributed by atoms with Gasteiger partial charge in [0.25, 0.3) is 0 Å². The number of nitrogens with one attached hydrogen (secondary N) is 1. The van der Waals surface area contributed by atoms with Gasteiger partial charge in [-0.15, -0.1) is 0 Å². The van der Waals surface area contributed by atoms with Crippen LogP contribution in [0.25, 0.3) is 0 Å². The van der Waals surface area contributed by atoms with Crippen molar-refractivity contribution >= 4 is 17.6 Å². The predicted molar refractivity (Wildman–Crippen MR) is 65.3 cm³/mol. The summed E-state index contributed by atoms with van der Waals surface area (Å²) >= 11 is 0. The van der Waals surface area contributed by atoms with Crippen LogP contribution in [-0.4, -0.2) is 32.2 Å². The Bertz CT molecular complexity index is 452. The van der Waals surface area contributed by atoms with Gasteiger partial charge in [0.2, 0.25) is 5.91 Å². The van der Waals surface area contributed by atoms with E-state index in [0.717, 1.165) is 0 Å². The summed E-state index contributed by atoms with van der Waals surface area (Å²) in [6.07, 6.45) is 0.715. The van der Waals surface area contributed by atoms with Crippen molar-refractivity contribution in [1.82, 2.24) is 0 Å². The molecule has 5 nitrogen and oxygen atoms in total. The minimum atomic E-state index is -0.464. The van der Waals surface area contributed by atoms with E-state index in [2.05, 4.69) is 10.1 Å². The Labute approximate surface area is 105 Å². The quantitative estimate of drug-likeness (QED) is 0.823. The molecule has 0 spiro atoms. The predicted octanol–water partition coefficient (Wildman–Crippen LogP) is 1.45. The second-order valence-corrected chi connectivity index (χ2v) is 4.09. The van der Waals surface area contributed by atoms with Crippen molar-refractivity contribution in [2.45, 2.75) is 6.42 Å². The number of rotatable bonds is 3. The molecule has 0 saturated carbocycles. The van der Waals surface area contributed by atoms with Gasteiger partial charge >= 0.3 is 5.97 Å². The lowest BCUT2D eigenvalue weighted by molar-refractivity contribution is -0.119. The molecule has 1 aliphatic rings. The zero-order valence-corrected chi connectivity index (χ0v) is 10.1. The van der Waals surface area contributed by atoms with Gasteiger partial charge in [-0.2, -0.15) is 0 Å². The lowest BCUT2D eigenvalue weighted by Gasteiger charge is -2.12. The average molecular weight is 249 g/mol. The fourth-order valence-corrected chi connectivity index (χ4v) is 1.86. The molecular formula is C13H15NO4. The third kappa shape index (κ3) is 2.68. The number of carbonyl (C=O) groups excluding carboxylic acids is 2. The Balaban J connectivity index is 2.13. The smallest absolute Gasteiger partial charge is 0.339 e. The molecule has 0 radical (unpaired) electrons. The average Bonchev–Trinajstić information content (AvgIpc) is 2.92. The third-order valence-corrected chi connectivity index (χ3v) is 2.89. The van der Waals surface area contributed by atoms with Crippen LogP contribution in [0.5, 0.6) is 0 Å². The van der Waals surface area contributed by atoms with Crippen molar-refractivity contribution in [2.24, 2.45) is 5.92 Å². The van der Waals surface area contributed by atoms with E-state index >= 15 is 0 Å². The highest BCUT2D eigenvalue weighted by molar-refractivity contribution is 6.01. The van der Waals surface area contributed by atoms with Gasteiger partial charge in [-0.05, 0) is 18.6 Å². The summed E-state index contributed by atoms with van der Waals surface area (Å²) in [4.78, 5) is 23.5. The first-order valence-electron chi connectivity index (χ1n) is 5.78. The Morgan fingerprint density at radius 2 is 2.17 bits per heavy atom. The van der Waals surface area contributed by atoms with Crippen LogP contribution in [-0.2, 0) is 14.3 Å². The SMILES string of the molecule is COC(=O)c1ccccc1NC(=O)C1CCOC1. The van der Waals surface area contributed by atoms with Gasteiger partial charge in [-0.3, -0.25) is 4.79 Å².